The second-order valence-electron chi connectivity index (χ2n) is 8.12. The molecule has 0 radical (unpaired) electrons. The van der Waals surface area contributed by atoms with Gasteiger partial charge in [0, 0.05) is 28.7 Å². The van der Waals surface area contributed by atoms with Crippen molar-refractivity contribution in [3.8, 4) is 22.5 Å². The Morgan fingerprint density at radius 1 is 0.815 bits per heavy atom. The van der Waals surface area contributed by atoms with Crippen molar-refractivity contribution >= 4 is 0 Å². The molecule has 1 aromatic heterocycles. The molecule has 27 heavy (non-hydrogen) atoms. The summed E-state index contributed by atoms with van der Waals surface area (Å²) in [6.07, 6.45) is 9.34. The number of hydrogen-bond acceptors (Lipinski definition) is 0. The Hall–Kier alpha value is -2.35. The third-order valence-electron chi connectivity index (χ3n) is 6.34. The first-order valence-electron chi connectivity index (χ1n) is 10.7. The highest BCUT2D eigenvalue weighted by atomic mass is 15.2. The van der Waals surface area contributed by atoms with Gasteiger partial charge in [-0.1, -0.05) is 87.6 Å². The molecule has 2 aliphatic heterocycles. The largest absolute Gasteiger partial charge is 0.257 e. The van der Waals surface area contributed by atoms with Crippen LogP contribution in [0.2, 0.25) is 0 Å². The maximum atomic E-state index is 2.61. The summed E-state index contributed by atoms with van der Waals surface area (Å²) in [5.41, 5.74) is 8.74. The van der Waals surface area contributed by atoms with Gasteiger partial charge in [0.15, 0.2) is 11.4 Å². The van der Waals surface area contributed by atoms with Crippen molar-refractivity contribution in [1.29, 1.82) is 0 Å². The first kappa shape index (κ1) is 16.8. The zero-order valence-corrected chi connectivity index (χ0v) is 16.4. The highest BCUT2D eigenvalue weighted by molar-refractivity contribution is 5.83. The lowest BCUT2D eigenvalue weighted by Crippen LogP contribution is -2.36. The molecule has 0 bridgehead atoms. The molecule has 0 N–H and O–H groups in total. The quantitative estimate of drug-likeness (QED) is 0.259. The van der Waals surface area contributed by atoms with Crippen molar-refractivity contribution in [2.24, 2.45) is 0 Å². The topological polar surface area (TPSA) is 8.81 Å². The van der Waals surface area contributed by atoms with E-state index in [0.717, 1.165) is 13.1 Å². The van der Waals surface area contributed by atoms with Crippen LogP contribution in [0.5, 0.6) is 0 Å². The Balaban J connectivity index is 1.50. The fourth-order valence-electron chi connectivity index (χ4n) is 5.00. The molecule has 0 amide bonds. The molecule has 3 aromatic rings. The van der Waals surface area contributed by atoms with Gasteiger partial charge < -0.3 is 0 Å². The number of unbranched alkanes of at least 4 members (excludes halogenated alkanes) is 5. The number of nitrogens with zero attached hydrogens (tertiary/aromatic N) is 2. The van der Waals surface area contributed by atoms with Gasteiger partial charge in [-0.05, 0) is 6.42 Å². The summed E-state index contributed by atoms with van der Waals surface area (Å²) < 4.78 is 5.23. The normalized spacial score (nSPS) is 13.4. The third kappa shape index (κ3) is 2.74. The molecule has 2 aromatic carbocycles. The Labute approximate surface area is 162 Å². The predicted octanol–water partition coefficient (Wildman–Crippen LogP) is 5.74. The first-order valence-corrected chi connectivity index (χ1v) is 10.7. The molecule has 0 saturated heterocycles. The Bertz CT molecular complexity index is 909. The van der Waals surface area contributed by atoms with Crippen molar-refractivity contribution in [1.82, 2.24) is 4.57 Å². The van der Waals surface area contributed by atoms with Crippen molar-refractivity contribution in [3.63, 3.8) is 0 Å². The van der Waals surface area contributed by atoms with Gasteiger partial charge in [-0.15, -0.1) is 0 Å². The molecule has 0 unspecified atom stereocenters. The van der Waals surface area contributed by atoms with Crippen LogP contribution in [-0.2, 0) is 19.5 Å². The molecule has 0 atom stereocenters. The second-order valence-corrected chi connectivity index (χ2v) is 8.12. The summed E-state index contributed by atoms with van der Waals surface area (Å²) in [4.78, 5) is 0. The number of rotatable bonds is 7. The fourth-order valence-corrected chi connectivity index (χ4v) is 5.00. The van der Waals surface area contributed by atoms with E-state index in [1.165, 1.54) is 84.4 Å². The summed E-state index contributed by atoms with van der Waals surface area (Å²) >= 11 is 0. The second kappa shape index (κ2) is 6.99. The summed E-state index contributed by atoms with van der Waals surface area (Å²) in [6.45, 7) is 4.37. The highest BCUT2D eigenvalue weighted by Gasteiger charge is 2.40. The number of aromatic nitrogens is 2. The molecule has 0 saturated carbocycles. The monoisotopic (exact) mass is 357 g/mol. The summed E-state index contributed by atoms with van der Waals surface area (Å²) in [6, 6.07) is 18.0. The van der Waals surface area contributed by atoms with Crippen LogP contribution in [0.25, 0.3) is 22.5 Å². The average Bonchev–Trinajstić information content (AvgIpc) is 3.32. The maximum absolute atomic E-state index is 2.61. The third-order valence-corrected chi connectivity index (χ3v) is 6.34. The summed E-state index contributed by atoms with van der Waals surface area (Å²) in [5, 5.41) is 0. The van der Waals surface area contributed by atoms with Gasteiger partial charge in [-0.3, -0.25) is 0 Å². The van der Waals surface area contributed by atoms with Crippen LogP contribution in [0.15, 0.2) is 48.5 Å². The standard InChI is InChI=1S/C25H29N2/c1-2-3-4-5-6-7-16-23-26-17-19-12-8-10-14-21(19)24(26)25-22-15-11-9-13-20(22)18-27(23)25/h8-15H,2-7,16-18H2,1H3/q+1. The van der Waals surface area contributed by atoms with Crippen LogP contribution >= 0.6 is 0 Å². The van der Waals surface area contributed by atoms with Gasteiger partial charge in [-0.25, -0.2) is 9.13 Å². The first-order chi connectivity index (χ1) is 13.4. The van der Waals surface area contributed by atoms with E-state index in [9.17, 15) is 0 Å². The minimum Gasteiger partial charge on any atom is -0.222 e. The van der Waals surface area contributed by atoms with Gasteiger partial charge in [0.1, 0.15) is 13.1 Å². The van der Waals surface area contributed by atoms with Crippen molar-refractivity contribution in [2.75, 3.05) is 0 Å². The van der Waals surface area contributed by atoms with Gasteiger partial charge in [-0.2, -0.15) is 0 Å². The van der Waals surface area contributed by atoms with E-state index >= 15 is 0 Å². The lowest BCUT2D eigenvalue weighted by Gasteiger charge is -2.03. The van der Waals surface area contributed by atoms with Crippen molar-refractivity contribution in [3.05, 3.63) is 65.5 Å². The molecule has 5 rings (SSSR count). The van der Waals surface area contributed by atoms with Crippen LogP contribution < -0.4 is 4.57 Å². The molecule has 2 nitrogen and oxygen atoms in total. The number of hydrogen-bond donors (Lipinski definition) is 0. The highest BCUT2D eigenvalue weighted by Crippen LogP contribution is 2.42. The number of fused-ring (bicyclic) bond motifs is 7. The summed E-state index contributed by atoms with van der Waals surface area (Å²) in [5.74, 6) is 1.53. The van der Waals surface area contributed by atoms with Crippen LogP contribution in [0, 0.1) is 0 Å². The van der Waals surface area contributed by atoms with Crippen LogP contribution in [0.4, 0.5) is 0 Å². The van der Waals surface area contributed by atoms with Gasteiger partial charge in [0.2, 0.25) is 0 Å². The molecule has 2 aliphatic rings. The molecule has 138 valence electrons. The van der Waals surface area contributed by atoms with E-state index in [4.69, 9.17) is 0 Å². The minimum absolute atomic E-state index is 1.04. The summed E-state index contributed by atoms with van der Waals surface area (Å²) in [7, 11) is 0. The Kier molecular flexibility index (Phi) is 4.35. The smallest absolute Gasteiger partial charge is 0.222 e. The van der Waals surface area contributed by atoms with E-state index < -0.39 is 0 Å². The van der Waals surface area contributed by atoms with Gasteiger partial charge >= 0.3 is 0 Å². The fraction of sp³-hybridized carbons (Fsp3) is 0.400. The van der Waals surface area contributed by atoms with Gasteiger partial charge in [0.25, 0.3) is 5.82 Å². The maximum Gasteiger partial charge on any atom is 0.257 e. The number of imidazole rings is 1. The van der Waals surface area contributed by atoms with E-state index in [1.807, 2.05) is 0 Å². The van der Waals surface area contributed by atoms with Crippen LogP contribution in [0.1, 0.15) is 62.4 Å². The Morgan fingerprint density at radius 3 is 2.37 bits per heavy atom. The van der Waals surface area contributed by atoms with Crippen LogP contribution in [0.3, 0.4) is 0 Å². The lowest BCUT2D eigenvalue weighted by molar-refractivity contribution is -0.679. The number of benzene rings is 2. The van der Waals surface area contributed by atoms with E-state index in [2.05, 4.69) is 64.6 Å². The zero-order chi connectivity index (χ0) is 18.2. The minimum atomic E-state index is 1.04. The molecule has 2 heteroatoms. The van der Waals surface area contributed by atoms with Gasteiger partial charge in [0.05, 0.1) is 0 Å². The molecule has 0 spiro atoms. The molecule has 0 aliphatic carbocycles. The SMILES string of the molecule is CCCCCCCCc1n2c(c3[n+]1Cc1ccccc1-3)-c1ccccc1C2. The predicted molar refractivity (Wildman–Crippen MR) is 111 cm³/mol. The molecule has 0 fully saturated rings. The lowest BCUT2D eigenvalue weighted by atomic mass is 10.0. The van der Waals surface area contributed by atoms with E-state index in [1.54, 1.807) is 0 Å². The van der Waals surface area contributed by atoms with E-state index in [0.29, 0.717) is 0 Å². The van der Waals surface area contributed by atoms with Crippen molar-refractivity contribution in [2.45, 2.75) is 65.0 Å². The average molecular weight is 358 g/mol. The van der Waals surface area contributed by atoms with Crippen LogP contribution in [-0.4, -0.2) is 4.57 Å². The molecular formula is C25H29N2+. The van der Waals surface area contributed by atoms with Crippen molar-refractivity contribution < 1.29 is 4.57 Å². The molecule has 3 heterocycles. The zero-order valence-electron chi connectivity index (χ0n) is 16.4. The Morgan fingerprint density at radius 2 is 1.52 bits per heavy atom. The van der Waals surface area contributed by atoms with E-state index in [-0.39, 0.29) is 0 Å². The molecular weight excluding hydrogens is 328 g/mol.